The molecule has 4 rings (SSSR count). The van der Waals surface area contributed by atoms with Crippen LogP contribution in [0.15, 0.2) is 77.6 Å². The highest BCUT2D eigenvalue weighted by Gasteiger charge is 2.33. The first kappa shape index (κ1) is 19.9. The maximum absolute atomic E-state index is 13.3. The van der Waals surface area contributed by atoms with Crippen LogP contribution in [0.3, 0.4) is 0 Å². The predicted octanol–water partition coefficient (Wildman–Crippen LogP) is 2.42. The van der Waals surface area contributed by atoms with Crippen LogP contribution in [-0.2, 0) is 35.5 Å². The molecule has 0 saturated carbocycles. The maximum Gasteiger partial charge on any atom is 0.240 e. The summed E-state index contributed by atoms with van der Waals surface area (Å²) in [4.78, 5) is 27.4. The molecule has 3 N–H and O–H groups in total. The van der Waals surface area contributed by atoms with Gasteiger partial charge in [-0.2, -0.15) is 0 Å². The highest BCUT2D eigenvalue weighted by atomic mass is 16.3. The molecule has 30 heavy (non-hydrogen) atoms. The van der Waals surface area contributed by atoms with Gasteiger partial charge in [0.2, 0.25) is 11.8 Å². The summed E-state index contributed by atoms with van der Waals surface area (Å²) in [5, 5.41) is 2.90. The molecule has 0 fully saturated rings. The summed E-state index contributed by atoms with van der Waals surface area (Å²) >= 11 is 0. The summed E-state index contributed by atoms with van der Waals surface area (Å²) in [6.07, 6.45) is 4.27. The van der Waals surface area contributed by atoms with Crippen molar-refractivity contribution in [3.05, 3.63) is 95.4 Å². The second-order valence-electron chi connectivity index (χ2n) is 7.68. The Morgan fingerprint density at radius 3 is 2.47 bits per heavy atom. The van der Waals surface area contributed by atoms with E-state index in [1.54, 1.807) is 12.5 Å². The van der Waals surface area contributed by atoms with Crippen LogP contribution in [0.5, 0.6) is 0 Å². The first-order valence-electron chi connectivity index (χ1n) is 10.1. The fraction of sp³-hybridized carbons (Fsp3) is 0.250. The molecule has 3 aromatic rings. The lowest BCUT2D eigenvalue weighted by molar-refractivity contribution is -0.131. The summed E-state index contributed by atoms with van der Waals surface area (Å²) in [5.74, 6) is -0.725. The van der Waals surface area contributed by atoms with Crippen molar-refractivity contribution in [3.63, 3.8) is 0 Å². The van der Waals surface area contributed by atoms with E-state index < -0.39 is 18.0 Å². The van der Waals surface area contributed by atoms with E-state index in [1.165, 1.54) is 5.56 Å². The van der Waals surface area contributed by atoms with E-state index in [-0.39, 0.29) is 5.91 Å². The molecule has 154 valence electrons. The van der Waals surface area contributed by atoms with Crippen molar-refractivity contribution in [2.75, 3.05) is 0 Å². The third-order valence-corrected chi connectivity index (χ3v) is 5.56. The van der Waals surface area contributed by atoms with Gasteiger partial charge in [0.25, 0.3) is 0 Å². The minimum Gasteiger partial charge on any atom is -0.472 e. The second-order valence-corrected chi connectivity index (χ2v) is 7.68. The number of nitrogens with two attached hydrogens (primary N) is 1. The standard InChI is InChI=1S/C24H25N3O3/c25-23(28)21(12-17-6-2-1-3-7-17)26-24(29)22-13-19-8-4-5-9-20(19)15-27(22)14-18-10-11-30-16-18/h1-11,16,21-22H,12-15H2,(H2,25,28)(H,26,29)/t21-,22?/m0/s1. The topological polar surface area (TPSA) is 88.6 Å². The first-order valence-corrected chi connectivity index (χ1v) is 10.1. The Labute approximate surface area is 175 Å². The third-order valence-electron chi connectivity index (χ3n) is 5.56. The SMILES string of the molecule is NC(=O)[C@H](Cc1ccccc1)NC(=O)C1Cc2ccccc2CN1Cc1ccoc1. The van der Waals surface area contributed by atoms with Crippen LogP contribution in [0.1, 0.15) is 22.3 Å². The van der Waals surface area contributed by atoms with E-state index in [1.807, 2.05) is 48.5 Å². The summed E-state index contributed by atoms with van der Waals surface area (Å²) in [6.45, 7) is 1.24. The number of nitrogens with one attached hydrogen (secondary N) is 1. The second kappa shape index (κ2) is 8.97. The van der Waals surface area contributed by atoms with Gasteiger partial charge in [-0.1, -0.05) is 54.6 Å². The van der Waals surface area contributed by atoms with Gasteiger partial charge in [-0.25, -0.2) is 0 Å². The van der Waals surface area contributed by atoms with Gasteiger partial charge >= 0.3 is 0 Å². The van der Waals surface area contributed by atoms with E-state index in [4.69, 9.17) is 10.2 Å². The molecule has 2 atom stereocenters. The van der Waals surface area contributed by atoms with Crippen LogP contribution in [-0.4, -0.2) is 28.8 Å². The number of nitrogens with zero attached hydrogens (tertiary/aromatic N) is 1. The Kier molecular flexibility index (Phi) is 5.95. The molecule has 2 amide bonds. The van der Waals surface area contributed by atoms with Crippen LogP contribution >= 0.6 is 0 Å². The Balaban J connectivity index is 1.53. The van der Waals surface area contributed by atoms with Crippen LogP contribution in [0, 0.1) is 0 Å². The Hall–Kier alpha value is -3.38. The summed E-state index contributed by atoms with van der Waals surface area (Å²) in [5.41, 5.74) is 9.92. The number of furan rings is 1. The smallest absolute Gasteiger partial charge is 0.240 e. The van der Waals surface area contributed by atoms with Crippen molar-refractivity contribution in [1.29, 1.82) is 0 Å². The van der Waals surface area contributed by atoms with Crippen molar-refractivity contribution in [1.82, 2.24) is 10.2 Å². The molecular weight excluding hydrogens is 378 g/mol. The van der Waals surface area contributed by atoms with E-state index in [2.05, 4.69) is 22.3 Å². The molecule has 0 spiro atoms. The zero-order valence-corrected chi connectivity index (χ0v) is 16.7. The molecule has 1 aliphatic rings. The number of primary amides is 1. The molecular formula is C24H25N3O3. The van der Waals surface area contributed by atoms with Crippen LogP contribution in [0.2, 0.25) is 0 Å². The third kappa shape index (κ3) is 4.60. The van der Waals surface area contributed by atoms with Gasteiger partial charge in [0, 0.05) is 25.1 Å². The van der Waals surface area contributed by atoms with Gasteiger partial charge in [0.15, 0.2) is 0 Å². The van der Waals surface area contributed by atoms with E-state index in [0.717, 1.165) is 16.7 Å². The van der Waals surface area contributed by atoms with Crippen molar-refractivity contribution < 1.29 is 14.0 Å². The van der Waals surface area contributed by atoms with Crippen LogP contribution in [0.4, 0.5) is 0 Å². The molecule has 1 aromatic heterocycles. The molecule has 1 aliphatic heterocycles. The monoisotopic (exact) mass is 403 g/mol. The normalized spacial score (nSPS) is 17.1. The van der Waals surface area contributed by atoms with Crippen molar-refractivity contribution in [2.45, 2.75) is 38.0 Å². The fourth-order valence-electron chi connectivity index (χ4n) is 3.96. The zero-order chi connectivity index (χ0) is 20.9. The Bertz CT molecular complexity index is 1000. The molecule has 1 unspecified atom stereocenters. The van der Waals surface area contributed by atoms with E-state index >= 15 is 0 Å². The average molecular weight is 403 g/mol. The number of hydrogen-bond donors (Lipinski definition) is 2. The van der Waals surface area contributed by atoms with E-state index in [0.29, 0.717) is 25.9 Å². The molecule has 2 aromatic carbocycles. The highest BCUT2D eigenvalue weighted by Crippen LogP contribution is 2.25. The number of carbonyl (C=O) groups excluding carboxylic acids is 2. The summed E-state index contributed by atoms with van der Waals surface area (Å²) in [7, 11) is 0. The van der Waals surface area contributed by atoms with Crippen molar-refractivity contribution in [2.24, 2.45) is 5.73 Å². The Morgan fingerprint density at radius 1 is 1.03 bits per heavy atom. The lowest BCUT2D eigenvalue weighted by Crippen LogP contribution is -2.55. The molecule has 0 aliphatic carbocycles. The summed E-state index contributed by atoms with van der Waals surface area (Å²) in [6, 6.07) is 18.5. The van der Waals surface area contributed by atoms with Crippen LogP contribution in [0.25, 0.3) is 0 Å². The minimum atomic E-state index is -0.757. The number of fused-ring (bicyclic) bond motifs is 1. The molecule has 0 bridgehead atoms. The largest absolute Gasteiger partial charge is 0.472 e. The summed E-state index contributed by atoms with van der Waals surface area (Å²) < 4.78 is 5.20. The van der Waals surface area contributed by atoms with Gasteiger partial charge in [-0.3, -0.25) is 14.5 Å². The first-order chi connectivity index (χ1) is 14.6. The quantitative estimate of drug-likeness (QED) is 0.634. The van der Waals surface area contributed by atoms with Gasteiger partial charge in [-0.05, 0) is 29.2 Å². The highest BCUT2D eigenvalue weighted by molar-refractivity contribution is 5.89. The maximum atomic E-state index is 13.3. The minimum absolute atomic E-state index is 0.187. The molecule has 2 heterocycles. The van der Waals surface area contributed by atoms with Crippen molar-refractivity contribution in [3.8, 4) is 0 Å². The molecule has 0 radical (unpaired) electrons. The lowest BCUT2D eigenvalue weighted by atomic mass is 9.92. The Morgan fingerprint density at radius 2 is 1.77 bits per heavy atom. The lowest BCUT2D eigenvalue weighted by Gasteiger charge is -2.36. The zero-order valence-electron chi connectivity index (χ0n) is 16.7. The van der Waals surface area contributed by atoms with Gasteiger partial charge < -0.3 is 15.5 Å². The van der Waals surface area contributed by atoms with E-state index in [9.17, 15) is 9.59 Å². The van der Waals surface area contributed by atoms with Crippen LogP contribution < -0.4 is 11.1 Å². The number of hydrogen-bond acceptors (Lipinski definition) is 4. The number of amides is 2. The predicted molar refractivity (Wildman–Crippen MR) is 113 cm³/mol. The molecule has 0 saturated heterocycles. The van der Waals surface area contributed by atoms with Gasteiger partial charge in [0.05, 0.1) is 18.6 Å². The number of carbonyl (C=O) groups is 2. The molecule has 6 heteroatoms. The fourth-order valence-corrected chi connectivity index (χ4v) is 3.96. The number of benzene rings is 2. The molecule has 6 nitrogen and oxygen atoms in total. The van der Waals surface area contributed by atoms with Crippen molar-refractivity contribution >= 4 is 11.8 Å². The van der Waals surface area contributed by atoms with Gasteiger partial charge in [-0.15, -0.1) is 0 Å². The number of rotatable bonds is 7. The van der Waals surface area contributed by atoms with Gasteiger partial charge in [0.1, 0.15) is 6.04 Å². The average Bonchev–Trinajstić information content (AvgIpc) is 3.26.